The van der Waals surface area contributed by atoms with E-state index in [9.17, 15) is 9.18 Å². The van der Waals surface area contributed by atoms with Gasteiger partial charge in [-0.05, 0) is 30.3 Å². The molecule has 0 amide bonds. The molecule has 0 unspecified atom stereocenters. The summed E-state index contributed by atoms with van der Waals surface area (Å²) in [6.45, 7) is 7.61. The lowest BCUT2D eigenvalue weighted by molar-refractivity contribution is 0.103. The van der Waals surface area contributed by atoms with E-state index in [4.69, 9.17) is 4.74 Å². The van der Waals surface area contributed by atoms with Gasteiger partial charge in [0.05, 0.1) is 18.1 Å². The Balaban J connectivity index is 2.03. The Kier molecular flexibility index (Phi) is 4.20. The lowest BCUT2D eigenvalue weighted by atomic mass is 10.1. The van der Waals surface area contributed by atoms with Crippen molar-refractivity contribution in [1.29, 1.82) is 0 Å². The van der Waals surface area contributed by atoms with E-state index in [2.05, 4.69) is 23.1 Å². The highest BCUT2D eigenvalue weighted by molar-refractivity contribution is 6.10. The summed E-state index contributed by atoms with van der Waals surface area (Å²) in [5.74, 6) is -0.000333. The molecule has 0 aliphatic heterocycles. The van der Waals surface area contributed by atoms with Crippen LogP contribution in [0.5, 0.6) is 5.75 Å². The Morgan fingerprint density at radius 1 is 1.29 bits per heavy atom. The topological polar surface area (TPSA) is 56.5 Å². The third-order valence-electron chi connectivity index (χ3n) is 3.37. The minimum absolute atomic E-state index is 0.215. The van der Waals surface area contributed by atoms with E-state index < -0.39 is 5.82 Å². The van der Waals surface area contributed by atoms with Crippen LogP contribution in [0, 0.1) is 5.82 Å². The van der Waals surface area contributed by atoms with Crippen molar-refractivity contribution >= 4 is 17.6 Å². The largest absolute Gasteiger partial charge is 0.490 e. The van der Waals surface area contributed by atoms with Crippen molar-refractivity contribution < 1.29 is 13.9 Å². The Labute approximate surface area is 137 Å². The van der Waals surface area contributed by atoms with E-state index in [1.807, 2.05) is 0 Å². The molecule has 0 spiro atoms. The van der Waals surface area contributed by atoms with Gasteiger partial charge in [-0.1, -0.05) is 19.2 Å². The lowest BCUT2D eigenvalue weighted by Gasteiger charge is -2.05. The Hall–Kier alpha value is -3.28. The molecule has 2 heterocycles. The summed E-state index contributed by atoms with van der Waals surface area (Å²) in [5, 5.41) is 0. The van der Waals surface area contributed by atoms with Gasteiger partial charge in [-0.2, -0.15) is 0 Å². The summed E-state index contributed by atoms with van der Waals surface area (Å²) in [4.78, 5) is 20.9. The van der Waals surface area contributed by atoms with Gasteiger partial charge in [0.2, 0.25) is 11.6 Å². The number of benzene rings is 1. The number of nitrogens with zero attached hydrogens (tertiary/aromatic N) is 3. The van der Waals surface area contributed by atoms with Crippen LogP contribution in [-0.4, -0.2) is 26.8 Å². The fourth-order valence-electron chi connectivity index (χ4n) is 2.29. The second-order valence-electron chi connectivity index (χ2n) is 4.95. The molecular formula is C18H14FN3O2. The minimum atomic E-state index is -0.558. The van der Waals surface area contributed by atoms with Gasteiger partial charge in [0.15, 0.2) is 5.82 Å². The minimum Gasteiger partial charge on any atom is -0.490 e. The molecule has 0 saturated heterocycles. The molecule has 0 fully saturated rings. The molecule has 0 atom stereocenters. The molecule has 3 rings (SSSR count). The van der Waals surface area contributed by atoms with Gasteiger partial charge in [-0.3, -0.25) is 9.20 Å². The van der Waals surface area contributed by atoms with E-state index in [1.165, 1.54) is 16.7 Å². The maximum absolute atomic E-state index is 13.5. The molecule has 0 radical (unpaired) electrons. The number of aromatic nitrogens is 3. The summed E-state index contributed by atoms with van der Waals surface area (Å²) < 4.78 is 20.2. The number of carbonyl (C=O) groups excluding carboxylic acids is 1. The summed E-state index contributed by atoms with van der Waals surface area (Å²) in [6.07, 6.45) is 5.31. The van der Waals surface area contributed by atoms with Gasteiger partial charge in [-0.25, -0.2) is 14.4 Å². The number of rotatable bonds is 6. The van der Waals surface area contributed by atoms with E-state index in [-0.39, 0.29) is 17.3 Å². The first-order valence-electron chi connectivity index (χ1n) is 7.18. The van der Waals surface area contributed by atoms with Crippen molar-refractivity contribution in [2.75, 3.05) is 6.61 Å². The molecule has 0 aliphatic rings. The number of imidazole rings is 1. The fourth-order valence-corrected chi connectivity index (χ4v) is 2.29. The Bertz CT molecular complexity index is 929. The van der Waals surface area contributed by atoms with Gasteiger partial charge >= 0.3 is 0 Å². The van der Waals surface area contributed by atoms with Crippen LogP contribution in [0.25, 0.3) is 11.9 Å². The third-order valence-corrected chi connectivity index (χ3v) is 3.37. The van der Waals surface area contributed by atoms with E-state index in [0.717, 1.165) is 6.20 Å². The molecule has 2 aromatic heterocycles. The Morgan fingerprint density at radius 2 is 2.04 bits per heavy atom. The molecule has 3 aromatic rings. The van der Waals surface area contributed by atoms with Gasteiger partial charge in [0, 0.05) is 5.56 Å². The third kappa shape index (κ3) is 2.81. The highest BCUT2D eigenvalue weighted by Gasteiger charge is 2.20. The Morgan fingerprint density at radius 3 is 2.71 bits per heavy atom. The van der Waals surface area contributed by atoms with Crippen molar-refractivity contribution in [2.24, 2.45) is 0 Å². The number of fused-ring (bicyclic) bond motifs is 1. The summed E-state index contributed by atoms with van der Waals surface area (Å²) >= 11 is 0. The molecule has 1 aromatic carbocycles. The van der Waals surface area contributed by atoms with E-state index in [0.29, 0.717) is 23.6 Å². The molecular weight excluding hydrogens is 309 g/mol. The molecule has 0 aliphatic carbocycles. The number of hydrogen-bond donors (Lipinski definition) is 0. The number of hydrogen-bond acceptors (Lipinski definition) is 4. The van der Waals surface area contributed by atoms with E-state index in [1.54, 1.807) is 30.3 Å². The number of ether oxygens (including phenoxy) is 1. The van der Waals surface area contributed by atoms with Crippen LogP contribution in [0.3, 0.4) is 0 Å². The summed E-state index contributed by atoms with van der Waals surface area (Å²) in [7, 11) is 0. The molecule has 6 heteroatoms. The molecule has 5 nitrogen and oxygen atoms in total. The van der Waals surface area contributed by atoms with Crippen molar-refractivity contribution in [3.8, 4) is 5.75 Å². The highest BCUT2D eigenvalue weighted by atomic mass is 19.1. The molecule has 0 N–H and O–H groups in total. The lowest BCUT2D eigenvalue weighted by Crippen LogP contribution is -2.08. The summed E-state index contributed by atoms with van der Waals surface area (Å²) in [5.41, 5.74) is 0.993. The number of carbonyl (C=O) groups is 1. The van der Waals surface area contributed by atoms with Crippen LogP contribution in [0.2, 0.25) is 0 Å². The molecule has 24 heavy (non-hydrogen) atoms. The fraction of sp³-hybridized carbons (Fsp3) is 0.0556. The molecule has 0 bridgehead atoms. The second kappa shape index (κ2) is 6.45. The number of halogens is 1. The maximum Gasteiger partial charge on any atom is 0.235 e. The van der Waals surface area contributed by atoms with Crippen LogP contribution in [-0.2, 0) is 0 Å². The van der Waals surface area contributed by atoms with Crippen LogP contribution >= 0.6 is 0 Å². The van der Waals surface area contributed by atoms with Gasteiger partial charge in [0.1, 0.15) is 18.1 Å². The van der Waals surface area contributed by atoms with Crippen molar-refractivity contribution in [1.82, 2.24) is 14.4 Å². The predicted octanol–water partition coefficient (Wildman–Crippen LogP) is 3.31. The number of ketones is 1. The van der Waals surface area contributed by atoms with Crippen molar-refractivity contribution in [3.63, 3.8) is 0 Å². The van der Waals surface area contributed by atoms with E-state index >= 15 is 0 Å². The average molecular weight is 323 g/mol. The van der Waals surface area contributed by atoms with Gasteiger partial charge in [0.25, 0.3) is 0 Å². The first-order valence-corrected chi connectivity index (χ1v) is 7.18. The zero-order valence-corrected chi connectivity index (χ0v) is 12.8. The first kappa shape index (κ1) is 15.6. The van der Waals surface area contributed by atoms with Crippen LogP contribution in [0.4, 0.5) is 4.39 Å². The summed E-state index contributed by atoms with van der Waals surface area (Å²) in [6, 6.07) is 6.65. The predicted molar refractivity (Wildman–Crippen MR) is 88.6 cm³/mol. The zero-order valence-electron chi connectivity index (χ0n) is 12.8. The monoisotopic (exact) mass is 323 g/mol. The zero-order chi connectivity index (χ0) is 17.1. The van der Waals surface area contributed by atoms with Crippen LogP contribution < -0.4 is 4.74 Å². The highest BCUT2D eigenvalue weighted by Crippen LogP contribution is 2.20. The smallest absolute Gasteiger partial charge is 0.235 e. The molecule has 120 valence electrons. The van der Waals surface area contributed by atoms with Crippen molar-refractivity contribution in [2.45, 2.75) is 0 Å². The molecule has 0 saturated carbocycles. The van der Waals surface area contributed by atoms with Crippen LogP contribution in [0.15, 0.2) is 55.9 Å². The normalized spacial score (nSPS) is 10.5. The van der Waals surface area contributed by atoms with Gasteiger partial charge in [-0.15, -0.1) is 0 Å². The standard InChI is InChI=1S/C18H14FN3O2/c1-3-9-24-14-7-5-12(6-8-14)17(23)16-15(4-2)21-18-20-10-13(19)11-22(16)18/h3-8,10-11H,1-2,9H2. The SMILES string of the molecule is C=CCOc1ccc(C(=O)c2c(C=C)nc3ncc(F)cn23)cc1. The maximum atomic E-state index is 13.5. The first-order chi connectivity index (χ1) is 11.6. The quantitative estimate of drug-likeness (QED) is 0.516. The second-order valence-corrected chi connectivity index (χ2v) is 4.95. The van der Waals surface area contributed by atoms with Crippen LogP contribution in [0.1, 0.15) is 21.7 Å². The van der Waals surface area contributed by atoms with Gasteiger partial charge < -0.3 is 4.74 Å². The average Bonchev–Trinajstić information content (AvgIpc) is 2.97. The van der Waals surface area contributed by atoms with Crippen molar-refractivity contribution in [3.05, 3.63) is 78.7 Å².